The minimum absolute atomic E-state index is 0.0957. The Kier molecular flexibility index (Phi) is 5.19. The van der Waals surface area contributed by atoms with Crippen LogP contribution in [0.4, 0.5) is 14.5 Å². The first-order valence-electron chi connectivity index (χ1n) is 6.83. The molecule has 2 aromatic carbocycles. The Hall–Kier alpha value is -1.88. The highest BCUT2D eigenvalue weighted by atomic mass is 32.2. The van der Waals surface area contributed by atoms with Crippen LogP contribution in [0.2, 0.25) is 0 Å². The van der Waals surface area contributed by atoms with Crippen LogP contribution in [-0.4, -0.2) is 11.7 Å². The van der Waals surface area contributed by atoms with E-state index in [9.17, 15) is 13.6 Å². The Balaban J connectivity index is 2.05. The number of hydrogen-bond acceptors (Lipinski definition) is 2. The summed E-state index contributed by atoms with van der Waals surface area (Å²) in [6, 6.07) is 7.57. The average molecular weight is 321 g/mol. The molecule has 2 aromatic rings. The summed E-state index contributed by atoms with van der Waals surface area (Å²) in [5, 5.41) is 2.29. The molecule has 0 fully saturated rings. The number of rotatable bonds is 4. The van der Waals surface area contributed by atoms with Crippen molar-refractivity contribution in [2.75, 3.05) is 11.1 Å². The lowest BCUT2D eigenvalue weighted by atomic mass is 10.1. The van der Waals surface area contributed by atoms with E-state index in [0.29, 0.717) is 0 Å². The van der Waals surface area contributed by atoms with Gasteiger partial charge in [-0.15, -0.1) is 11.8 Å². The molecule has 1 amide bonds. The highest BCUT2D eigenvalue weighted by Crippen LogP contribution is 2.28. The van der Waals surface area contributed by atoms with Gasteiger partial charge in [0, 0.05) is 4.90 Å². The summed E-state index contributed by atoms with van der Waals surface area (Å²) >= 11 is 1.36. The summed E-state index contributed by atoms with van der Waals surface area (Å²) in [7, 11) is 0. The molecule has 22 heavy (non-hydrogen) atoms. The van der Waals surface area contributed by atoms with Crippen molar-refractivity contribution in [1.29, 1.82) is 0 Å². The minimum atomic E-state index is -0.777. The fourth-order valence-corrected chi connectivity index (χ4v) is 3.25. The fraction of sp³-hybridized carbons (Fsp3) is 0.235. The normalized spacial score (nSPS) is 10.6. The summed E-state index contributed by atoms with van der Waals surface area (Å²) < 4.78 is 27.0. The van der Waals surface area contributed by atoms with Crippen molar-refractivity contribution in [2.45, 2.75) is 25.7 Å². The van der Waals surface area contributed by atoms with Gasteiger partial charge in [0.2, 0.25) is 5.91 Å². The molecule has 0 unspecified atom stereocenters. The van der Waals surface area contributed by atoms with E-state index in [1.165, 1.54) is 17.8 Å². The number of amides is 1. The first-order valence-corrected chi connectivity index (χ1v) is 7.81. The predicted molar refractivity (Wildman–Crippen MR) is 86.4 cm³/mol. The average Bonchev–Trinajstić information content (AvgIpc) is 2.42. The Bertz CT molecular complexity index is 673. The molecule has 0 aliphatic carbocycles. The van der Waals surface area contributed by atoms with Crippen molar-refractivity contribution < 1.29 is 13.6 Å². The molecule has 0 radical (unpaired) electrons. The Labute approximate surface area is 132 Å². The van der Waals surface area contributed by atoms with Crippen LogP contribution in [0, 0.1) is 32.4 Å². The van der Waals surface area contributed by atoms with Crippen LogP contribution < -0.4 is 5.32 Å². The molecule has 0 heterocycles. The SMILES string of the molecule is Cc1cc(C)c(SCC(=O)Nc2c(F)cccc2F)c(C)c1. The lowest BCUT2D eigenvalue weighted by Crippen LogP contribution is -2.16. The number of carbonyl (C=O) groups excluding carboxylic acids is 1. The molecule has 116 valence electrons. The number of nitrogens with one attached hydrogen (secondary N) is 1. The Morgan fingerprint density at radius 2 is 1.64 bits per heavy atom. The first-order chi connectivity index (χ1) is 10.4. The standard InChI is InChI=1S/C17H17F2NOS/c1-10-7-11(2)17(12(3)8-10)22-9-15(21)20-16-13(18)5-4-6-14(16)19/h4-8H,9H2,1-3H3,(H,20,21). The number of aryl methyl sites for hydroxylation is 3. The van der Waals surface area contributed by atoms with Crippen LogP contribution in [0.1, 0.15) is 16.7 Å². The van der Waals surface area contributed by atoms with Gasteiger partial charge in [-0.2, -0.15) is 0 Å². The highest BCUT2D eigenvalue weighted by molar-refractivity contribution is 8.00. The van der Waals surface area contributed by atoms with E-state index in [-0.39, 0.29) is 5.75 Å². The molecule has 1 N–H and O–H groups in total. The van der Waals surface area contributed by atoms with Crippen molar-refractivity contribution in [2.24, 2.45) is 0 Å². The number of benzene rings is 2. The van der Waals surface area contributed by atoms with E-state index in [4.69, 9.17) is 0 Å². The van der Waals surface area contributed by atoms with E-state index in [1.54, 1.807) is 0 Å². The zero-order valence-corrected chi connectivity index (χ0v) is 13.5. The van der Waals surface area contributed by atoms with E-state index in [0.717, 1.165) is 33.7 Å². The number of para-hydroxylation sites is 1. The van der Waals surface area contributed by atoms with Gasteiger partial charge in [-0.25, -0.2) is 8.78 Å². The molecule has 2 rings (SSSR count). The summed E-state index contributed by atoms with van der Waals surface area (Å²) in [4.78, 5) is 12.9. The quantitative estimate of drug-likeness (QED) is 0.833. The second-order valence-electron chi connectivity index (χ2n) is 5.16. The van der Waals surface area contributed by atoms with E-state index >= 15 is 0 Å². The van der Waals surface area contributed by atoms with E-state index in [2.05, 4.69) is 5.32 Å². The summed E-state index contributed by atoms with van der Waals surface area (Å²) in [6.07, 6.45) is 0. The largest absolute Gasteiger partial charge is 0.320 e. The van der Waals surface area contributed by atoms with Gasteiger partial charge in [0.1, 0.15) is 17.3 Å². The number of hydrogen-bond donors (Lipinski definition) is 1. The lowest BCUT2D eigenvalue weighted by Gasteiger charge is -2.11. The van der Waals surface area contributed by atoms with E-state index < -0.39 is 23.2 Å². The Morgan fingerprint density at radius 1 is 1.09 bits per heavy atom. The fourth-order valence-electron chi connectivity index (χ4n) is 2.32. The molecule has 5 heteroatoms. The van der Waals surface area contributed by atoms with Gasteiger partial charge in [0.05, 0.1) is 5.75 Å². The maximum Gasteiger partial charge on any atom is 0.234 e. The third-order valence-electron chi connectivity index (χ3n) is 3.18. The number of thioether (sulfide) groups is 1. The Morgan fingerprint density at radius 3 is 2.18 bits per heavy atom. The zero-order valence-electron chi connectivity index (χ0n) is 12.7. The van der Waals surface area contributed by atoms with Crippen molar-refractivity contribution >= 4 is 23.4 Å². The maximum absolute atomic E-state index is 13.5. The third-order valence-corrected chi connectivity index (χ3v) is 4.52. The molecule has 2 nitrogen and oxygen atoms in total. The van der Waals surface area contributed by atoms with Gasteiger partial charge in [-0.1, -0.05) is 23.8 Å². The lowest BCUT2D eigenvalue weighted by molar-refractivity contribution is -0.113. The van der Waals surface area contributed by atoms with Gasteiger partial charge < -0.3 is 5.32 Å². The summed E-state index contributed by atoms with van der Waals surface area (Å²) in [5.41, 5.74) is 2.95. The molecule has 0 spiro atoms. The molecular weight excluding hydrogens is 304 g/mol. The molecule has 0 aliphatic heterocycles. The smallest absolute Gasteiger partial charge is 0.234 e. The van der Waals surface area contributed by atoms with Crippen LogP contribution in [-0.2, 0) is 4.79 Å². The van der Waals surface area contributed by atoms with Gasteiger partial charge in [-0.05, 0) is 44.0 Å². The number of carbonyl (C=O) groups is 1. The highest BCUT2D eigenvalue weighted by Gasteiger charge is 2.13. The van der Waals surface area contributed by atoms with Crippen LogP contribution in [0.5, 0.6) is 0 Å². The topological polar surface area (TPSA) is 29.1 Å². The van der Waals surface area contributed by atoms with Crippen molar-refractivity contribution in [3.63, 3.8) is 0 Å². The number of halogens is 2. The number of anilines is 1. The molecule has 0 atom stereocenters. The van der Waals surface area contributed by atoms with Gasteiger partial charge in [0.15, 0.2) is 0 Å². The molecule has 0 saturated heterocycles. The molecule has 0 saturated carbocycles. The van der Waals surface area contributed by atoms with Gasteiger partial charge in [0.25, 0.3) is 0 Å². The molecular formula is C17H17F2NOS. The third kappa shape index (κ3) is 3.85. The molecule has 0 bridgehead atoms. The van der Waals surface area contributed by atoms with Gasteiger partial charge >= 0.3 is 0 Å². The van der Waals surface area contributed by atoms with Crippen LogP contribution >= 0.6 is 11.8 Å². The molecule has 0 aromatic heterocycles. The first kappa shape index (κ1) is 16.5. The van der Waals surface area contributed by atoms with Crippen LogP contribution in [0.25, 0.3) is 0 Å². The van der Waals surface area contributed by atoms with E-state index in [1.807, 2.05) is 32.9 Å². The minimum Gasteiger partial charge on any atom is -0.320 e. The van der Waals surface area contributed by atoms with Crippen LogP contribution in [0.15, 0.2) is 35.2 Å². The van der Waals surface area contributed by atoms with Gasteiger partial charge in [-0.3, -0.25) is 4.79 Å². The predicted octanol–water partition coefficient (Wildman–Crippen LogP) is 4.62. The van der Waals surface area contributed by atoms with Crippen molar-refractivity contribution in [1.82, 2.24) is 0 Å². The molecule has 0 aliphatic rings. The maximum atomic E-state index is 13.5. The summed E-state index contributed by atoms with van der Waals surface area (Å²) in [6.45, 7) is 5.98. The summed E-state index contributed by atoms with van der Waals surface area (Å²) in [5.74, 6) is -1.89. The second kappa shape index (κ2) is 6.92. The zero-order chi connectivity index (χ0) is 16.3. The monoisotopic (exact) mass is 321 g/mol. The van der Waals surface area contributed by atoms with Crippen molar-refractivity contribution in [3.05, 3.63) is 58.7 Å². The van der Waals surface area contributed by atoms with Crippen LogP contribution in [0.3, 0.4) is 0 Å². The van der Waals surface area contributed by atoms with Crippen molar-refractivity contribution in [3.8, 4) is 0 Å². The second-order valence-corrected chi connectivity index (χ2v) is 6.15.